The van der Waals surface area contributed by atoms with E-state index in [1.165, 1.54) is 4.57 Å². The van der Waals surface area contributed by atoms with Crippen LogP contribution < -0.4 is 5.76 Å². The van der Waals surface area contributed by atoms with Crippen LogP contribution in [0.2, 0.25) is 0 Å². The van der Waals surface area contributed by atoms with E-state index in [0.717, 1.165) is 3.57 Å². The summed E-state index contributed by atoms with van der Waals surface area (Å²) in [5, 5.41) is 8.58. The Hall–Kier alpha value is -1.31. The number of hydrogen-bond acceptors (Lipinski definition) is 3. The number of fused-ring (bicyclic) bond motifs is 1. The average Bonchev–Trinajstić information content (AvgIpc) is 2.51. The van der Waals surface area contributed by atoms with E-state index >= 15 is 0 Å². The van der Waals surface area contributed by atoms with Gasteiger partial charge >= 0.3 is 11.7 Å². The van der Waals surface area contributed by atoms with E-state index in [1.807, 2.05) is 6.07 Å². The molecule has 2 rings (SSSR count). The van der Waals surface area contributed by atoms with Crippen LogP contribution in [0.15, 0.2) is 27.4 Å². The summed E-state index contributed by atoms with van der Waals surface area (Å²) in [5.41, 5.74) is 1.12. The molecular weight excluding hydrogens is 325 g/mol. The van der Waals surface area contributed by atoms with Crippen molar-refractivity contribution in [1.82, 2.24) is 4.57 Å². The fraction of sp³-hybridized carbons (Fsp3) is 0.200. The highest BCUT2D eigenvalue weighted by Gasteiger charge is 2.10. The van der Waals surface area contributed by atoms with Gasteiger partial charge in [-0.15, -0.1) is 0 Å². The minimum Gasteiger partial charge on any atom is -0.481 e. The van der Waals surface area contributed by atoms with Gasteiger partial charge < -0.3 is 9.52 Å². The van der Waals surface area contributed by atoms with Crippen LogP contribution in [0, 0.1) is 3.57 Å². The number of carbonyl (C=O) groups is 1. The number of nitrogens with zero attached hydrogens (tertiary/aromatic N) is 1. The third-order valence-corrected chi connectivity index (χ3v) is 2.85. The van der Waals surface area contributed by atoms with Crippen molar-refractivity contribution < 1.29 is 14.3 Å². The van der Waals surface area contributed by atoms with E-state index in [9.17, 15) is 9.59 Å². The molecule has 0 aliphatic heterocycles. The van der Waals surface area contributed by atoms with Crippen molar-refractivity contribution in [1.29, 1.82) is 0 Å². The Morgan fingerprint density at radius 3 is 2.94 bits per heavy atom. The molecule has 16 heavy (non-hydrogen) atoms. The molecule has 0 fully saturated rings. The average molecular weight is 333 g/mol. The summed E-state index contributed by atoms with van der Waals surface area (Å²) in [7, 11) is 0. The molecule has 0 amide bonds. The molecule has 84 valence electrons. The van der Waals surface area contributed by atoms with Gasteiger partial charge in [-0.1, -0.05) is 0 Å². The fourth-order valence-electron chi connectivity index (χ4n) is 1.45. The lowest BCUT2D eigenvalue weighted by Crippen LogP contribution is -2.16. The molecule has 0 saturated heterocycles. The molecule has 0 atom stereocenters. The Bertz CT molecular complexity index is 598. The fourth-order valence-corrected chi connectivity index (χ4v) is 1.93. The smallest absolute Gasteiger partial charge is 0.419 e. The molecule has 1 N–H and O–H groups in total. The summed E-state index contributed by atoms with van der Waals surface area (Å²) >= 11 is 2.12. The molecule has 0 bridgehead atoms. The number of rotatable bonds is 3. The molecule has 0 aliphatic rings. The number of aliphatic carboxylic acids is 1. The van der Waals surface area contributed by atoms with Crippen molar-refractivity contribution in [2.75, 3.05) is 0 Å². The van der Waals surface area contributed by atoms with Gasteiger partial charge in [-0.05, 0) is 40.8 Å². The monoisotopic (exact) mass is 333 g/mol. The first-order valence-electron chi connectivity index (χ1n) is 4.58. The third-order valence-electron chi connectivity index (χ3n) is 2.18. The van der Waals surface area contributed by atoms with Gasteiger partial charge in [0.1, 0.15) is 0 Å². The number of oxazole rings is 1. The second kappa shape index (κ2) is 4.28. The van der Waals surface area contributed by atoms with E-state index in [-0.39, 0.29) is 13.0 Å². The second-order valence-corrected chi connectivity index (χ2v) is 4.52. The molecule has 6 heteroatoms. The Morgan fingerprint density at radius 1 is 1.50 bits per heavy atom. The highest BCUT2D eigenvalue weighted by atomic mass is 127. The zero-order valence-corrected chi connectivity index (χ0v) is 10.3. The van der Waals surface area contributed by atoms with Crippen LogP contribution in [0.1, 0.15) is 6.42 Å². The Balaban J connectivity index is 2.50. The highest BCUT2D eigenvalue weighted by Crippen LogP contribution is 2.16. The molecule has 0 saturated carbocycles. The van der Waals surface area contributed by atoms with Crippen LogP contribution in [0.25, 0.3) is 11.1 Å². The van der Waals surface area contributed by atoms with Gasteiger partial charge in [0, 0.05) is 10.1 Å². The first-order valence-corrected chi connectivity index (χ1v) is 5.66. The first kappa shape index (κ1) is 11.2. The maximum atomic E-state index is 11.5. The third kappa shape index (κ3) is 2.11. The largest absolute Gasteiger partial charge is 0.481 e. The maximum absolute atomic E-state index is 11.5. The first-order chi connectivity index (χ1) is 7.58. The topological polar surface area (TPSA) is 72.4 Å². The van der Waals surface area contributed by atoms with Crippen molar-refractivity contribution in [2.45, 2.75) is 13.0 Å². The summed E-state index contributed by atoms with van der Waals surface area (Å²) < 4.78 is 7.30. The zero-order chi connectivity index (χ0) is 11.7. The molecule has 1 heterocycles. The van der Waals surface area contributed by atoms with Crippen molar-refractivity contribution in [3.8, 4) is 0 Å². The molecule has 2 aromatic rings. The number of hydrogen-bond donors (Lipinski definition) is 1. The van der Waals surface area contributed by atoms with E-state index in [1.54, 1.807) is 12.1 Å². The maximum Gasteiger partial charge on any atom is 0.419 e. The molecule has 0 spiro atoms. The van der Waals surface area contributed by atoms with Crippen LogP contribution in [0.5, 0.6) is 0 Å². The molecule has 1 aromatic carbocycles. The molecular formula is C10H8INO4. The van der Waals surface area contributed by atoms with Crippen LogP contribution >= 0.6 is 22.6 Å². The zero-order valence-electron chi connectivity index (χ0n) is 8.14. The number of carboxylic acid groups (broad SMARTS) is 1. The summed E-state index contributed by atoms with van der Waals surface area (Å²) in [4.78, 5) is 21.9. The van der Waals surface area contributed by atoms with E-state index in [4.69, 9.17) is 9.52 Å². The summed E-state index contributed by atoms with van der Waals surface area (Å²) in [5.74, 6) is -1.45. The van der Waals surface area contributed by atoms with Gasteiger partial charge in [-0.3, -0.25) is 9.36 Å². The lowest BCUT2D eigenvalue weighted by atomic mass is 10.3. The lowest BCUT2D eigenvalue weighted by molar-refractivity contribution is -0.137. The summed E-state index contributed by atoms with van der Waals surface area (Å²) in [6.07, 6.45) is -0.0972. The number of carboxylic acids is 1. The quantitative estimate of drug-likeness (QED) is 0.868. The number of benzene rings is 1. The standard InChI is InChI=1S/C10H8INO4/c11-6-1-2-8-7(5-6)12(10(15)16-8)4-3-9(13)14/h1-2,5H,3-4H2,(H,13,14). The number of aromatic nitrogens is 1. The molecule has 0 aliphatic carbocycles. The highest BCUT2D eigenvalue weighted by molar-refractivity contribution is 14.1. The van der Waals surface area contributed by atoms with E-state index in [2.05, 4.69) is 22.6 Å². The Kier molecular flexibility index (Phi) is 2.99. The molecule has 5 nitrogen and oxygen atoms in total. The van der Waals surface area contributed by atoms with Gasteiger partial charge in [0.05, 0.1) is 11.9 Å². The van der Waals surface area contributed by atoms with Crippen molar-refractivity contribution in [3.05, 3.63) is 32.3 Å². The van der Waals surface area contributed by atoms with Crippen molar-refractivity contribution in [3.63, 3.8) is 0 Å². The number of halogens is 1. The van der Waals surface area contributed by atoms with Gasteiger partial charge in [-0.25, -0.2) is 4.79 Å². The van der Waals surface area contributed by atoms with Crippen LogP contribution in [0.4, 0.5) is 0 Å². The van der Waals surface area contributed by atoms with Gasteiger partial charge in [0.15, 0.2) is 5.58 Å². The predicted octanol–water partition coefficient (Wildman–Crippen LogP) is 1.67. The van der Waals surface area contributed by atoms with Crippen LogP contribution in [-0.4, -0.2) is 15.6 Å². The number of aryl methyl sites for hydroxylation is 1. The molecule has 1 aromatic heterocycles. The SMILES string of the molecule is O=C(O)CCn1c(=O)oc2ccc(I)cc21. The van der Waals surface area contributed by atoms with Crippen molar-refractivity contribution >= 4 is 39.7 Å². The lowest BCUT2D eigenvalue weighted by Gasteiger charge is -1.98. The van der Waals surface area contributed by atoms with E-state index in [0.29, 0.717) is 11.1 Å². The van der Waals surface area contributed by atoms with Crippen molar-refractivity contribution in [2.24, 2.45) is 0 Å². The summed E-state index contributed by atoms with van der Waals surface area (Å²) in [6, 6.07) is 5.33. The minimum atomic E-state index is -0.938. The minimum absolute atomic E-state index is 0.0972. The Morgan fingerprint density at radius 2 is 2.25 bits per heavy atom. The van der Waals surface area contributed by atoms with Gasteiger partial charge in [0.2, 0.25) is 0 Å². The van der Waals surface area contributed by atoms with Crippen LogP contribution in [0.3, 0.4) is 0 Å². The normalized spacial score (nSPS) is 10.8. The Labute approximate surface area is 104 Å². The van der Waals surface area contributed by atoms with Crippen LogP contribution in [-0.2, 0) is 11.3 Å². The molecule has 0 radical (unpaired) electrons. The van der Waals surface area contributed by atoms with Gasteiger partial charge in [0.25, 0.3) is 0 Å². The molecule has 0 unspecified atom stereocenters. The second-order valence-electron chi connectivity index (χ2n) is 3.28. The summed E-state index contributed by atoms with van der Waals surface area (Å²) in [6.45, 7) is 0.126. The van der Waals surface area contributed by atoms with Gasteiger partial charge in [-0.2, -0.15) is 0 Å². The predicted molar refractivity (Wildman–Crippen MR) is 65.4 cm³/mol. The van der Waals surface area contributed by atoms with E-state index < -0.39 is 11.7 Å².